The first-order valence-electron chi connectivity index (χ1n) is 12.0. The first kappa shape index (κ1) is 23.3. The van der Waals surface area contributed by atoms with Gasteiger partial charge in [-0.1, -0.05) is 18.5 Å². The number of pyridine rings is 1. The van der Waals surface area contributed by atoms with E-state index in [-0.39, 0.29) is 40.3 Å². The van der Waals surface area contributed by atoms with Crippen molar-refractivity contribution in [2.24, 2.45) is 5.41 Å². The van der Waals surface area contributed by atoms with Gasteiger partial charge in [0.25, 0.3) is 0 Å². The lowest BCUT2D eigenvalue weighted by atomic mass is 10.1. The number of ether oxygens (including phenoxy) is 2. The third-order valence-corrected chi connectivity index (χ3v) is 7.47. The van der Waals surface area contributed by atoms with Gasteiger partial charge in [-0.05, 0) is 52.9 Å². The molecule has 1 amide bonds. The zero-order chi connectivity index (χ0) is 24.3. The van der Waals surface area contributed by atoms with E-state index in [1.807, 2.05) is 25.7 Å². The molecule has 2 saturated heterocycles. The van der Waals surface area contributed by atoms with Crippen molar-refractivity contribution in [1.82, 2.24) is 19.9 Å². The van der Waals surface area contributed by atoms with Gasteiger partial charge in [-0.3, -0.25) is 4.90 Å². The maximum atomic E-state index is 14.9. The van der Waals surface area contributed by atoms with E-state index in [4.69, 9.17) is 26.1 Å². The second-order valence-corrected chi connectivity index (χ2v) is 11.1. The SMILES string of the molecule is CCC1(COc2nc(N3CC4CCC(C3)N4C(=O)OC(C)(C)C)c3cnc(Cl)c(F)c3n2)CC1. The summed E-state index contributed by atoms with van der Waals surface area (Å²) in [6, 6.07) is 0.121. The first-order valence-corrected chi connectivity index (χ1v) is 12.4. The Bertz CT molecular complexity index is 1110. The smallest absolute Gasteiger partial charge is 0.410 e. The van der Waals surface area contributed by atoms with Gasteiger partial charge in [0, 0.05) is 24.7 Å². The van der Waals surface area contributed by atoms with Crippen molar-refractivity contribution in [3.8, 4) is 6.01 Å². The van der Waals surface area contributed by atoms with Crippen LogP contribution in [0.1, 0.15) is 59.8 Å². The summed E-state index contributed by atoms with van der Waals surface area (Å²) in [4.78, 5) is 29.8. The molecular weight excluding hydrogens is 461 g/mol. The molecule has 2 unspecified atom stereocenters. The number of amides is 1. The average Bonchev–Trinajstić information content (AvgIpc) is 3.51. The molecule has 4 heterocycles. The van der Waals surface area contributed by atoms with Crippen molar-refractivity contribution in [3.63, 3.8) is 0 Å². The maximum absolute atomic E-state index is 14.9. The summed E-state index contributed by atoms with van der Waals surface area (Å²) in [6.45, 7) is 9.38. The summed E-state index contributed by atoms with van der Waals surface area (Å²) in [5, 5.41) is 0.251. The fraction of sp³-hybridized carbons (Fsp3) is 0.667. The van der Waals surface area contributed by atoms with Gasteiger partial charge in [0.05, 0.1) is 24.1 Å². The third-order valence-electron chi connectivity index (χ3n) is 7.20. The Morgan fingerprint density at radius 1 is 1.24 bits per heavy atom. The fourth-order valence-corrected chi connectivity index (χ4v) is 5.13. The summed E-state index contributed by atoms with van der Waals surface area (Å²) in [5.74, 6) is -0.121. The normalized spacial score (nSPS) is 23.4. The van der Waals surface area contributed by atoms with Crippen LogP contribution in [0.3, 0.4) is 0 Å². The molecule has 2 aliphatic heterocycles. The van der Waals surface area contributed by atoms with Crippen molar-refractivity contribution in [1.29, 1.82) is 0 Å². The molecule has 1 aliphatic carbocycles. The number of carbonyl (C=O) groups is 1. The van der Waals surface area contributed by atoms with Crippen LogP contribution in [0.5, 0.6) is 6.01 Å². The molecule has 2 aromatic heterocycles. The van der Waals surface area contributed by atoms with Crippen molar-refractivity contribution in [2.45, 2.75) is 77.5 Å². The Morgan fingerprint density at radius 3 is 2.50 bits per heavy atom. The Balaban J connectivity index is 1.45. The van der Waals surface area contributed by atoms with Crippen LogP contribution < -0.4 is 9.64 Å². The maximum Gasteiger partial charge on any atom is 0.410 e. The molecule has 10 heteroatoms. The highest BCUT2D eigenvalue weighted by Crippen LogP contribution is 2.48. The van der Waals surface area contributed by atoms with Gasteiger partial charge in [0.15, 0.2) is 11.0 Å². The Kier molecular flexibility index (Phi) is 5.73. The highest BCUT2D eigenvalue weighted by atomic mass is 35.5. The lowest BCUT2D eigenvalue weighted by molar-refractivity contribution is 0.0123. The molecule has 2 atom stereocenters. The van der Waals surface area contributed by atoms with Crippen LogP contribution in [0.15, 0.2) is 6.20 Å². The van der Waals surface area contributed by atoms with E-state index in [9.17, 15) is 9.18 Å². The van der Waals surface area contributed by atoms with Crippen LogP contribution in [0.25, 0.3) is 10.9 Å². The molecule has 5 rings (SSSR count). The van der Waals surface area contributed by atoms with Gasteiger partial charge >= 0.3 is 12.1 Å². The van der Waals surface area contributed by atoms with Crippen molar-refractivity contribution in [2.75, 3.05) is 24.6 Å². The standard InChI is InChI=1S/C24H31ClFN5O3/c1-5-24(8-9-24)13-33-21-28-18-16(10-27-19(25)17(18)26)20(29-21)30-11-14-6-7-15(12-30)31(14)22(32)34-23(2,3)4/h10,14-15H,5-9,11-13H2,1-4H3. The molecule has 8 nitrogen and oxygen atoms in total. The van der Waals surface area contributed by atoms with Gasteiger partial charge in [0.2, 0.25) is 0 Å². The highest BCUT2D eigenvalue weighted by molar-refractivity contribution is 6.30. The van der Waals surface area contributed by atoms with E-state index in [1.165, 1.54) is 6.20 Å². The highest BCUT2D eigenvalue weighted by Gasteiger charge is 2.45. The van der Waals surface area contributed by atoms with Crippen LogP contribution in [0, 0.1) is 11.2 Å². The number of nitrogens with zero attached hydrogens (tertiary/aromatic N) is 5. The van der Waals surface area contributed by atoms with E-state index >= 15 is 0 Å². The molecule has 1 saturated carbocycles. The number of carbonyl (C=O) groups excluding carboxylic acids is 1. The number of aromatic nitrogens is 3. The van der Waals surface area contributed by atoms with Crippen LogP contribution in [0.2, 0.25) is 5.15 Å². The van der Waals surface area contributed by atoms with E-state index in [0.29, 0.717) is 30.9 Å². The van der Waals surface area contributed by atoms with Gasteiger partial charge in [-0.2, -0.15) is 9.97 Å². The van der Waals surface area contributed by atoms with Crippen LogP contribution in [-0.2, 0) is 4.74 Å². The predicted octanol–water partition coefficient (Wildman–Crippen LogP) is 4.97. The van der Waals surface area contributed by atoms with Gasteiger partial charge in [-0.25, -0.2) is 14.2 Å². The number of halogens is 2. The zero-order valence-corrected chi connectivity index (χ0v) is 20.9. The number of hydrogen-bond acceptors (Lipinski definition) is 7. The van der Waals surface area contributed by atoms with Gasteiger partial charge in [0.1, 0.15) is 16.9 Å². The Morgan fingerprint density at radius 2 is 1.91 bits per heavy atom. The van der Waals surface area contributed by atoms with E-state index in [1.54, 1.807) is 0 Å². The minimum absolute atomic E-state index is 0.0112. The lowest BCUT2D eigenvalue weighted by Gasteiger charge is -2.42. The molecule has 0 aromatic carbocycles. The number of piperazine rings is 1. The summed E-state index contributed by atoms with van der Waals surface area (Å²) in [6.07, 6.45) is 6.23. The average molecular weight is 492 g/mol. The second-order valence-electron chi connectivity index (χ2n) is 10.8. The van der Waals surface area contributed by atoms with Crippen LogP contribution in [-0.4, -0.2) is 63.3 Å². The minimum Gasteiger partial charge on any atom is -0.463 e. The topological polar surface area (TPSA) is 80.7 Å². The Hall–Kier alpha value is -2.42. The van der Waals surface area contributed by atoms with Crippen molar-refractivity contribution < 1.29 is 18.7 Å². The number of fused-ring (bicyclic) bond motifs is 3. The van der Waals surface area contributed by atoms with Crippen molar-refractivity contribution >= 4 is 34.4 Å². The van der Waals surface area contributed by atoms with Crippen LogP contribution >= 0.6 is 11.6 Å². The molecule has 184 valence electrons. The number of rotatable bonds is 5. The lowest BCUT2D eigenvalue weighted by Crippen LogP contribution is -2.57. The molecule has 2 aromatic rings. The summed E-state index contributed by atoms with van der Waals surface area (Å²) >= 11 is 5.96. The van der Waals surface area contributed by atoms with Crippen LogP contribution in [0.4, 0.5) is 15.0 Å². The molecule has 0 radical (unpaired) electrons. The summed E-state index contributed by atoms with van der Waals surface area (Å²) in [7, 11) is 0. The van der Waals surface area contributed by atoms with E-state index in [2.05, 4.69) is 21.8 Å². The number of hydrogen-bond donors (Lipinski definition) is 0. The van der Waals surface area contributed by atoms with E-state index < -0.39 is 11.4 Å². The quantitative estimate of drug-likeness (QED) is 0.546. The molecule has 0 N–H and O–H groups in total. The number of anilines is 1. The van der Waals surface area contributed by atoms with E-state index in [0.717, 1.165) is 32.1 Å². The monoisotopic (exact) mass is 491 g/mol. The largest absolute Gasteiger partial charge is 0.463 e. The zero-order valence-electron chi connectivity index (χ0n) is 20.1. The summed E-state index contributed by atoms with van der Waals surface area (Å²) < 4.78 is 26.6. The second kappa shape index (κ2) is 8.36. The molecule has 3 aliphatic rings. The molecular formula is C24H31ClFN5O3. The van der Waals surface area contributed by atoms with Gasteiger partial charge in [-0.15, -0.1) is 0 Å². The minimum atomic E-state index is -0.681. The fourth-order valence-electron chi connectivity index (χ4n) is 4.99. The molecule has 3 fully saturated rings. The van der Waals surface area contributed by atoms with Crippen molar-refractivity contribution in [3.05, 3.63) is 17.2 Å². The molecule has 2 bridgehead atoms. The van der Waals surface area contributed by atoms with Gasteiger partial charge < -0.3 is 14.4 Å². The molecule has 34 heavy (non-hydrogen) atoms. The third kappa shape index (κ3) is 4.34. The molecule has 0 spiro atoms. The Labute approximate surface area is 203 Å². The predicted molar refractivity (Wildman–Crippen MR) is 127 cm³/mol. The summed E-state index contributed by atoms with van der Waals surface area (Å²) in [5.41, 5.74) is -0.281. The first-order chi connectivity index (χ1) is 16.1.